The summed E-state index contributed by atoms with van der Waals surface area (Å²) in [5.74, 6) is 1.64. The third-order valence-electron chi connectivity index (χ3n) is 3.22. The molecule has 0 amide bonds. The van der Waals surface area contributed by atoms with Crippen LogP contribution in [0.25, 0.3) is 22.3 Å². The van der Waals surface area contributed by atoms with Crippen LogP contribution in [0.4, 0.5) is 0 Å². The number of furan rings is 1. The summed E-state index contributed by atoms with van der Waals surface area (Å²) in [4.78, 5) is 0. The van der Waals surface area contributed by atoms with Crippen molar-refractivity contribution in [2.45, 2.75) is 6.54 Å². The Morgan fingerprint density at radius 2 is 1.95 bits per heavy atom. The van der Waals surface area contributed by atoms with Gasteiger partial charge >= 0.3 is 0 Å². The lowest BCUT2D eigenvalue weighted by molar-refractivity contribution is 0.414. The minimum absolute atomic E-state index is 0.448. The van der Waals surface area contributed by atoms with Crippen LogP contribution in [0.2, 0.25) is 0 Å². The van der Waals surface area contributed by atoms with E-state index in [-0.39, 0.29) is 0 Å². The molecule has 3 aromatic rings. The predicted octanol–water partition coefficient (Wildman–Crippen LogP) is 3.57. The van der Waals surface area contributed by atoms with E-state index in [1.807, 2.05) is 48.5 Å². The maximum atomic E-state index is 5.87. The van der Waals surface area contributed by atoms with E-state index in [1.165, 1.54) is 0 Å². The zero-order valence-corrected chi connectivity index (χ0v) is 10.7. The van der Waals surface area contributed by atoms with Gasteiger partial charge in [-0.25, -0.2) is 0 Å². The zero-order chi connectivity index (χ0) is 13.2. The van der Waals surface area contributed by atoms with Crippen LogP contribution in [0.5, 0.6) is 5.75 Å². The van der Waals surface area contributed by atoms with Gasteiger partial charge in [-0.3, -0.25) is 0 Å². The molecule has 1 aromatic heterocycles. The van der Waals surface area contributed by atoms with Crippen molar-refractivity contribution in [3.63, 3.8) is 0 Å². The Labute approximate surface area is 111 Å². The molecule has 3 nitrogen and oxygen atoms in total. The van der Waals surface area contributed by atoms with Crippen LogP contribution in [0.1, 0.15) is 5.56 Å². The molecule has 1 heterocycles. The minimum atomic E-state index is 0.448. The molecule has 3 rings (SSSR count). The zero-order valence-electron chi connectivity index (χ0n) is 10.7. The van der Waals surface area contributed by atoms with E-state index in [0.717, 1.165) is 33.6 Å². The van der Waals surface area contributed by atoms with Crippen LogP contribution >= 0.6 is 0 Å². The lowest BCUT2D eigenvalue weighted by Crippen LogP contribution is -1.99. The Balaban J connectivity index is 2.15. The Morgan fingerprint density at radius 3 is 2.68 bits per heavy atom. The molecule has 0 aliphatic carbocycles. The smallest absolute Gasteiger partial charge is 0.135 e. The van der Waals surface area contributed by atoms with Gasteiger partial charge in [-0.2, -0.15) is 0 Å². The molecule has 0 radical (unpaired) electrons. The van der Waals surface area contributed by atoms with Crippen LogP contribution in [-0.2, 0) is 6.54 Å². The van der Waals surface area contributed by atoms with E-state index in [2.05, 4.69) is 0 Å². The monoisotopic (exact) mass is 253 g/mol. The fourth-order valence-corrected chi connectivity index (χ4v) is 2.22. The second kappa shape index (κ2) is 4.78. The summed E-state index contributed by atoms with van der Waals surface area (Å²) >= 11 is 0. The van der Waals surface area contributed by atoms with Gasteiger partial charge in [-0.15, -0.1) is 0 Å². The van der Waals surface area contributed by atoms with Crippen LogP contribution in [-0.4, -0.2) is 7.11 Å². The topological polar surface area (TPSA) is 48.4 Å². The molecule has 0 fully saturated rings. The fourth-order valence-electron chi connectivity index (χ4n) is 2.22. The van der Waals surface area contributed by atoms with Crippen LogP contribution < -0.4 is 10.5 Å². The lowest BCUT2D eigenvalue weighted by atomic mass is 10.0. The summed E-state index contributed by atoms with van der Waals surface area (Å²) in [6.07, 6.45) is 0. The van der Waals surface area contributed by atoms with Gasteiger partial charge in [0.05, 0.1) is 7.11 Å². The van der Waals surface area contributed by atoms with Gasteiger partial charge in [0, 0.05) is 17.5 Å². The minimum Gasteiger partial charge on any atom is -0.497 e. The van der Waals surface area contributed by atoms with Crippen molar-refractivity contribution >= 4 is 11.0 Å². The molecule has 19 heavy (non-hydrogen) atoms. The highest BCUT2D eigenvalue weighted by Crippen LogP contribution is 2.31. The van der Waals surface area contributed by atoms with Crippen LogP contribution in [0.15, 0.2) is 52.9 Å². The molecular formula is C16H15NO2. The van der Waals surface area contributed by atoms with Gasteiger partial charge in [0.1, 0.15) is 17.1 Å². The highest BCUT2D eigenvalue weighted by Gasteiger charge is 2.10. The molecule has 3 heteroatoms. The Bertz CT molecular complexity index is 683. The molecule has 0 aliphatic rings. The van der Waals surface area contributed by atoms with E-state index < -0.39 is 0 Å². The molecule has 0 bridgehead atoms. The molecule has 2 aromatic carbocycles. The van der Waals surface area contributed by atoms with Crippen LogP contribution in [0, 0.1) is 0 Å². The average Bonchev–Trinajstić information content (AvgIpc) is 2.90. The summed E-state index contributed by atoms with van der Waals surface area (Å²) in [7, 11) is 1.65. The van der Waals surface area contributed by atoms with Crippen molar-refractivity contribution in [2.24, 2.45) is 5.73 Å². The van der Waals surface area contributed by atoms with Crippen molar-refractivity contribution in [3.05, 3.63) is 54.1 Å². The number of benzene rings is 2. The van der Waals surface area contributed by atoms with Crippen molar-refractivity contribution < 1.29 is 9.15 Å². The van der Waals surface area contributed by atoms with Gasteiger partial charge in [0.2, 0.25) is 0 Å². The van der Waals surface area contributed by atoms with Gasteiger partial charge in [-0.05, 0) is 35.9 Å². The second-order valence-corrected chi connectivity index (χ2v) is 4.38. The number of nitrogens with two attached hydrogens (primary N) is 1. The normalized spacial score (nSPS) is 10.8. The molecule has 0 unspecified atom stereocenters. The quantitative estimate of drug-likeness (QED) is 0.776. The first-order valence-corrected chi connectivity index (χ1v) is 6.18. The lowest BCUT2D eigenvalue weighted by Gasteiger charge is -2.07. The Morgan fingerprint density at radius 1 is 1.11 bits per heavy atom. The SMILES string of the molecule is COc1ccc(-c2cc3ccccc3o2)c(CN)c1. The predicted molar refractivity (Wildman–Crippen MR) is 76.1 cm³/mol. The Hall–Kier alpha value is -2.26. The highest BCUT2D eigenvalue weighted by molar-refractivity contribution is 5.83. The molecule has 0 atom stereocenters. The number of hydrogen-bond acceptors (Lipinski definition) is 3. The van der Waals surface area contributed by atoms with Crippen molar-refractivity contribution in [1.29, 1.82) is 0 Å². The molecule has 0 spiro atoms. The second-order valence-electron chi connectivity index (χ2n) is 4.38. The largest absolute Gasteiger partial charge is 0.497 e. The summed E-state index contributed by atoms with van der Waals surface area (Å²) in [5, 5.41) is 1.09. The average molecular weight is 253 g/mol. The fraction of sp³-hybridized carbons (Fsp3) is 0.125. The van der Waals surface area contributed by atoms with Crippen LogP contribution in [0.3, 0.4) is 0 Å². The number of ether oxygens (including phenoxy) is 1. The number of hydrogen-bond donors (Lipinski definition) is 1. The van der Waals surface area contributed by atoms with Crippen molar-refractivity contribution in [3.8, 4) is 17.1 Å². The summed E-state index contributed by atoms with van der Waals surface area (Å²) in [5.41, 5.74) is 8.72. The summed E-state index contributed by atoms with van der Waals surface area (Å²) < 4.78 is 11.1. The third kappa shape index (κ3) is 2.09. The standard InChI is InChI=1S/C16H15NO2/c1-18-13-6-7-14(12(8-13)10-17)16-9-11-4-2-3-5-15(11)19-16/h2-9H,10,17H2,1H3. The van der Waals surface area contributed by atoms with Gasteiger partial charge in [-0.1, -0.05) is 18.2 Å². The van der Waals surface area contributed by atoms with Crippen molar-refractivity contribution in [2.75, 3.05) is 7.11 Å². The van der Waals surface area contributed by atoms with E-state index in [1.54, 1.807) is 7.11 Å². The molecular weight excluding hydrogens is 238 g/mol. The van der Waals surface area contributed by atoms with Gasteiger partial charge in [0.15, 0.2) is 0 Å². The van der Waals surface area contributed by atoms with E-state index in [9.17, 15) is 0 Å². The molecule has 2 N–H and O–H groups in total. The Kier molecular flexibility index (Phi) is 2.97. The molecule has 96 valence electrons. The van der Waals surface area contributed by atoms with Gasteiger partial charge < -0.3 is 14.9 Å². The van der Waals surface area contributed by atoms with E-state index in [4.69, 9.17) is 14.9 Å². The molecule has 0 saturated heterocycles. The first-order valence-electron chi connectivity index (χ1n) is 6.18. The van der Waals surface area contributed by atoms with E-state index in [0.29, 0.717) is 6.54 Å². The summed E-state index contributed by atoms with van der Waals surface area (Å²) in [6, 6.07) is 15.9. The number of fused-ring (bicyclic) bond motifs is 1. The van der Waals surface area contributed by atoms with Crippen molar-refractivity contribution in [1.82, 2.24) is 0 Å². The molecule has 0 saturated carbocycles. The highest BCUT2D eigenvalue weighted by atomic mass is 16.5. The number of rotatable bonds is 3. The number of methoxy groups -OCH3 is 1. The molecule has 0 aliphatic heterocycles. The number of para-hydroxylation sites is 1. The summed E-state index contributed by atoms with van der Waals surface area (Å²) in [6.45, 7) is 0.448. The first-order chi connectivity index (χ1) is 9.31. The maximum Gasteiger partial charge on any atom is 0.135 e. The van der Waals surface area contributed by atoms with E-state index >= 15 is 0 Å². The first kappa shape index (κ1) is 11.8. The third-order valence-corrected chi connectivity index (χ3v) is 3.22. The van der Waals surface area contributed by atoms with Gasteiger partial charge in [0.25, 0.3) is 0 Å². The maximum absolute atomic E-state index is 5.87.